The molecular weight excluding hydrogens is 246 g/mol. The van der Waals surface area contributed by atoms with E-state index in [1.54, 1.807) is 20.8 Å². The quantitative estimate of drug-likeness (QED) is 0.438. The van der Waals surface area contributed by atoms with Crippen molar-refractivity contribution in [2.45, 2.75) is 45.3 Å². The van der Waals surface area contributed by atoms with E-state index < -0.39 is 17.7 Å². The molecule has 0 aromatic heterocycles. The normalized spacial score (nSPS) is 23.8. The Morgan fingerprint density at radius 2 is 1.84 bits per heavy atom. The summed E-state index contributed by atoms with van der Waals surface area (Å²) >= 11 is 0. The standard InChI is InChI=1S/C12H23N5O2/c1-12(2,3)19-11(18)17-5-4-7(9(13)14)6-8(17)10(15)16/h7-8H,4-6H2,1-3H3,(H3,13,14)(H3,15,16). The smallest absolute Gasteiger partial charge is 0.410 e. The van der Waals surface area contributed by atoms with Gasteiger partial charge in [0.25, 0.3) is 0 Å². The molecule has 6 N–H and O–H groups in total. The molecule has 1 heterocycles. The lowest BCUT2D eigenvalue weighted by atomic mass is 9.89. The molecule has 108 valence electrons. The zero-order chi connectivity index (χ0) is 14.8. The summed E-state index contributed by atoms with van der Waals surface area (Å²) in [5.74, 6) is -0.153. The van der Waals surface area contributed by atoms with Crippen molar-refractivity contribution in [2.24, 2.45) is 17.4 Å². The van der Waals surface area contributed by atoms with E-state index in [-0.39, 0.29) is 17.6 Å². The van der Waals surface area contributed by atoms with Crippen molar-refractivity contribution < 1.29 is 9.53 Å². The van der Waals surface area contributed by atoms with E-state index in [1.165, 1.54) is 4.90 Å². The third kappa shape index (κ3) is 4.11. The molecule has 1 aliphatic rings. The maximum Gasteiger partial charge on any atom is 0.410 e. The molecule has 1 aliphatic heterocycles. The van der Waals surface area contributed by atoms with Gasteiger partial charge in [-0.3, -0.25) is 15.7 Å². The largest absolute Gasteiger partial charge is 0.444 e. The predicted octanol–water partition coefficient (Wildman–Crippen LogP) is 0.874. The first-order chi connectivity index (χ1) is 8.61. The number of rotatable bonds is 2. The first kappa shape index (κ1) is 15.3. The Bertz CT molecular complexity index is 388. The fraction of sp³-hybridized carbons (Fsp3) is 0.750. The number of hydrogen-bond donors (Lipinski definition) is 4. The van der Waals surface area contributed by atoms with Crippen LogP contribution in [0.3, 0.4) is 0 Å². The number of nitrogens with two attached hydrogens (primary N) is 2. The van der Waals surface area contributed by atoms with Gasteiger partial charge < -0.3 is 16.2 Å². The molecule has 0 aromatic rings. The summed E-state index contributed by atoms with van der Waals surface area (Å²) in [6.07, 6.45) is 0.525. The molecule has 0 radical (unpaired) electrons. The van der Waals surface area contributed by atoms with E-state index in [9.17, 15) is 4.79 Å². The van der Waals surface area contributed by atoms with Crippen LogP contribution in [0, 0.1) is 16.7 Å². The van der Waals surface area contributed by atoms with Gasteiger partial charge >= 0.3 is 6.09 Å². The molecule has 7 heteroatoms. The zero-order valence-corrected chi connectivity index (χ0v) is 11.7. The number of carbonyl (C=O) groups excluding carboxylic acids is 1. The summed E-state index contributed by atoms with van der Waals surface area (Å²) in [5.41, 5.74) is 10.4. The third-order valence-corrected chi connectivity index (χ3v) is 3.03. The average molecular weight is 269 g/mol. The minimum Gasteiger partial charge on any atom is -0.444 e. The van der Waals surface area contributed by atoms with E-state index in [4.69, 9.17) is 27.0 Å². The monoisotopic (exact) mass is 269 g/mol. The molecule has 0 spiro atoms. The molecule has 1 rings (SSSR count). The van der Waals surface area contributed by atoms with Gasteiger partial charge in [-0.2, -0.15) is 0 Å². The molecule has 2 atom stereocenters. The van der Waals surface area contributed by atoms with Gasteiger partial charge in [0.05, 0.1) is 11.9 Å². The number of nitrogens with one attached hydrogen (secondary N) is 2. The van der Waals surface area contributed by atoms with Crippen LogP contribution in [0.1, 0.15) is 33.6 Å². The van der Waals surface area contributed by atoms with Crippen LogP contribution in [-0.4, -0.2) is 40.9 Å². The number of amides is 1. The second kappa shape index (κ2) is 5.46. The van der Waals surface area contributed by atoms with Crippen molar-refractivity contribution in [3.8, 4) is 0 Å². The van der Waals surface area contributed by atoms with Crippen molar-refractivity contribution in [1.82, 2.24) is 4.90 Å². The Kier molecular flexibility index (Phi) is 4.39. The summed E-state index contributed by atoms with van der Waals surface area (Å²) in [6.45, 7) is 5.76. The van der Waals surface area contributed by atoms with E-state index in [1.807, 2.05) is 0 Å². The second-order valence-electron chi connectivity index (χ2n) is 5.82. The van der Waals surface area contributed by atoms with Crippen molar-refractivity contribution in [3.63, 3.8) is 0 Å². The van der Waals surface area contributed by atoms with Gasteiger partial charge in [0, 0.05) is 12.5 Å². The average Bonchev–Trinajstić information content (AvgIpc) is 2.25. The highest BCUT2D eigenvalue weighted by Gasteiger charge is 2.36. The topological polar surface area (TPSA) is 129 Å². The van der Waals surface area contributed by atoms with Crippen molar-refractivity contribution in [1.29, 1.82) is 10.8 Å². The molecule has 19 heavy (non-hydrogen) atoms. The molecule has 0 aromatic carbocycles. The number of nitrogens with zero attached hydrogens (tertiary/aromatic N) is 1. The van der Waals surface area contributed by atoms with E-state index in [2.05, 4.69) is 0 Å². The lowest BCUT2D eigenvalue weighted by Gasteiger charge is -2.38. The minimum absolute atomic E-state index is 0.0788. The van der Waals surface area contributed by atoms with Crippen molar-refractivity contribution >= 4 is 17.8 Å². The fourth-order valence-corrected chi connectivity index (χ4v) is 2.08. The molecule has 0 aliphatic carbocycles. The van der Waals surface area contributed by atoms with Gasteiger partial charge in [-0.1, -0.05) is 0 Å². The van der Waals surface area contributed by atoms with Gasteiger partial charge in [0.15, 0.2) is 0 Å². The van der Waals surface area contributed by atoms with Crippen LogP contribution in [0.2, 0.25) is 0 Å². The van der Waals surface area contributed by atoms with Gasteiger partial charge in [-0.25, -0.2) is 4.79 Å². The van der Waals surface area contributed by atoms with Gasteiger partial charge in [-0.05, 0) is 33.6 Å². The summed E-state index contributed by atoms with van der Waals surface area (Å²) in [5, 5.41) is 15.1. The van der Waals surface area contributed by atoms with Crippen LogP contribution in [0.4, 0.5) is 4.79 Å². The lowest BCUT2D eigenvalue weighted by Crippen LogP contribution is -2.54. The minimum atomic E-state index is -0.587. The van der Waals surface area contributed by atoms with Crippen LogP contribution in [-0.2, 0) is 4.74 Å². The molecule has 1 saturated heterocycles. The van der Waals surface area contributed by atoms with Crippen LogP contribution in [0.15, 0.2) is 0 Å². The van der Waals surface area contributed by atoms with Crippen LogP contribution >= 0.6 is 0 Å². The Morgan fingerprint density at radius 3 is 2.26 bits per heavy atom. The van der Waals surface area contributed by atoms with Crippen LogP contribution in [0.5, 0.6) is 0 Å². The van der Waals surface area contributed by atoms with E-state index >= 15 is 0 Å². The van der Waals surface area contributed by atoms with Crippen LogP contribution in [0.25, 0.3) is 0 Å². The maximum atomic E-state index is 12.1. The summed E-state index contributed by atoms with van der Waals surface area (Å²) in [7, 11) is 0. The molecule has 2 unspecified atom stereocenters. The van der Waals surface area contributed by atoms with Crippen molar-refractivity contribution in [2.75, 3.05) is 6.54 Å². The molecule has 1 fully saturated rings. The van der Waals surface area contributed by atoms with Crippen LogP contribution < -0.4 is 11.5 Å². The third-order valence-electron chi connectivity index (χ3n) is 3.03. The number of piperidine rings is 1. The first-order valence-corrected chi connectivity index (χ1v) is 6.29. The Balaban J connectivity index is 2.80. The Morgan fingerprint density at radius 1 is 1.26 bits per heavy atom. The van der Waals surface area contributed by atoms with Gasteiger partial charge in [0.2, 0.25) is 0 Å². The molecule has 1 amide bonds. The fourth-order valence-electron chi connectivity index (χ4n) is 2.08. The molecule has 0 saturated carbocycles. The highest BCUT2D eigenvalue weighted by molar-refractivity contribution is 5.88. The summed E-state index contributed by atoms with van der Waals surface area (Å²) in [6, 6.07) is -0.544. The number of carbonyl (C=O) groups is 1. The van der Waals surface area contributed by atoms with Gasteiger partial charge in [0.1, 0.15) is 11.4 Å². The summed E-state index contributed by atoms with van der Waals surface area (Å²) in [4.78, 5) is 13.5. The number of ether oxygens (including phenoxy) is 1. The second-order valence-corrected chi connectivity index (χ2v) is 5.82. The number of hydrogen-bond acceptors (Lipinski definition) is 4. The zero-order valence-electron chi connectivity index (χ0n) is 11.7. The molecule has 0 bridgehead atoms. The van der Waals surface area contributed by atoms with E-state index in [0.717, 1.165) is 0 Å². The Labute approximate surface area is 113 Å². The Hall–Kier alpha value is -1.79. The van der Waals surface area contributed by atoms with Gasteiger partial charge in [-0.15, -0.1) is 0 Å². The predicted molar refractivity (Wildman–Crippen MR) is 73.3 cm³/mol. The van der Waals surface area contributed by atoms with Crippen molar-refractivity contribution in [3.05, 3.63) is 0 Å². The number of likely N-dealkylation sites (tertiary alicyclic amines) is 1. The molecule has 7 nitrogen and oxygen atoms in total. The highest BCUT2D eigenvalue weighted by Crippen LogP contribution is 2.24. The first-order valence-electron chi connectivity index (χ1n) is 6.29. The molecular formula is C12H23N5O2. The lowest BCUT2D eigenvalue weighted by molar-refractivity contribution is 0.0146. The summed E-state index contributed by atoms with van der Waals surface area (Å²) < 4.78 is 5.30. The van der Waals surface area contributed by atoms with E-state index in [0.29, 0.717) is 19.4 Å². The highest BCUT2D eigenvalue weighted by atomic mass is 16.6. The number of amidine groups is 2. The maximum absolute atomic E-state index is 12.1. The SMILES string of the molecule is CC(C)(C)OC(=O)N1CCC(C(=N)N)CC1C(=N)N.